The Morgan fingerprint density at radius 1 is 1.06 bits per heavy atom. The highest BCUT2D eigenvalue weighted by Crippen LogP contribution is 2.22. The predicted molar refractivity (Wildman–Crippen MR) is 74.6 cm³/mol. The summed E-state index contributed by atoms with van der Waals surface area (Å²) >= 11 is 3.57. The van der Waals surface area contributed by atoms with E-state index < -0.39 is 0 Å². The molecule has 1 atom stereocenters. The van der Waals surface area contributed by atoms with Gasteiger partial charge in [-0.15, -0.1) is 0 Å². The first kappa shape index (κ1) is 12.2. The molecular weight excluding hydrogens is 276 g/mol. The Labute approximate surface area is 111 Å². The lowest BCUT2D eigenvalue weighted by Crippen LogP contribution is -1.96. The Kier molecular flexibility index (Phi) is 4.21. The highest BCUT2D eigenvalue weighted by Gasteiger charge is 2.02. The van der Waals surface area contributed by atoms with Crippen LogP contribution in [0.1, 0.15) is 22.9 Å². The maximum Gasteiger partial charge on any atom is 0.119 e. The van der Waals surface area contributed by atoms with Crippen LogP contribution in [-0.4, -0.2) is 0 Å². The summed E-state index contributed by atoms with van der Waals surface area (Å²) in [6.45, 7) is 2.73. The zero-order chi connectivity index (χ0) is 12.1. The Morgan fingerprint density at radius 2 is 1.82 bits per heavy atom. The quantitative estimate of drug-likeness (QED) is 0.740. The van der Waals surface area contributed by atoms with Crippen LogP contribution in [-0.2, 0) is 6.61 Å². The Morgan fingerprint density at radius 3 is 2.53 bits per heavy atom. The third kappa shape index (κ3) is 3.60. The molecule has 0 N–H and O–H groups in total. The van der Waals surface area contributed by atoms with E-state index in [9.17, 15) is 0 Å². The average molecular weight is 291 g/mol. The van der Waals surface area contributed by atoms with Gasteiger partial charge in [0.1, 0.15) is 12.4 Å². The molecule has 88 valence electrons. The molecule has 0 bridgehead atoms. The summed E-state index contributed by atoms with van der Waals surface area (Å²) in [5, 5.41) is 0. The van der Waals surface area contributed by atoms with Crippen LogP contribution in [0.15, 0.2) is 54.6 Å². The SMILES string of the molecule is CC(Br)c1cccc(COc2ccccc2)c1. The zero-order valence-corrected chi connectivity index (χ0v) is 11.4. The molecular formula is C15H15BrO. The van der Waals surface area contributed by atoms with Gasteiger partial charge in [-0.2, -0.15) is 0 Å². The number of rotatable bonds is 4. The first-order valence-corrected chi connectivity index (χ1v) is 6.58. The van der Waals surface area contributed by atoms with Crippen LogP contribution in [0.5, 0.6) is 5.75 Å². The van der Waals surface area contributed by atoms with Gasteiger partial charge in [0, 0.05) is 4.83 Å². The maximum absolute atomic E-state index is 5.71. The van der Waals surface area contributed by atoms with Crippen LogP contribution in [0.25, 0.3) is 0 Å². The molecule has 0 aliphatic heterocycles. The van der Waals surface area contributed by atoms with E-state index in [4.69, 9.17) is 4.74 Å². The Bertz CT molecular complexity index is 465. The van der Waals surface area contributed by atoms with Crippen molar-refractivity contribution >= 4 is 15.9 Å². The predicted octanol–water partition coefficient (Wildman–Crippen LogP) is 4.72. The van der Waals surface area contributed by atoms with Crippen molar-refractivity contribution in [3.63, 3.8) is 0 Å². The van der Waals surface area contributed by atoms with Crippen molar-refractivity contribution in [2.45, 2.75) is 18.4 Å². The van der Waals surface area contributed by atoms with Crippen molar-refractivity contribution in [1.29, 1.82) is 0 Å². The third-order valence-electron chi connectivity index (χ3n) is 2.56. The lowest BCUT2D eigenvalue weighted by molar-refractivity contribution is 0.306. The fourth-order valence-electron chi connectivity index (χ4n) is 1.61. The summed E-state index contributed by atoms with van der Waals surface area (Å²) in [6.07, 6.45) is 0. The molecule has 0 spiro atoms. The molecule has 0 amide bonds. The van der Waals surface area contributed by atoms with Gasteiger partial charge < -0.3 is 4.74 Å². The third-order valence-corrected chi connectivity index (χ3v) is 3.09. The molecule has 0 saturated carbocycles. The standard InChI is InChI=1S/C15H15BrO/c1-12(16)14-7-5-6-13(10-14)11-17-15-8-3-2-4-9-15/h2-10,12H,11H2,1H3. The number of para-hydroxylation sites is 1. The first-order valence-electron chi connectivity index (χ1n) is 5.66. The van der Waals surface area contributed by atoms with Crippen LogP contribution in [0.3, 0.4) is 0 Å². The lowest BCUT2D eigenvalue weighted by Gasteiger charge is -2.09. The molecule has 0 radical (unpaired) electrons. The van der Waals surface area contributed by atoms with Gasteiger partial charge in [0.2, 0.25) is 0 Å². The highest BCUT2D eigenvalue weighted by atomic mass is 79.9. The van der Waals surface area contributed by atoms with Crippen molar-refractivity contribution in [2.24, 2.45) is 0 Å². The smallest absolute Gasteiger partial charge is 0.119 e. The molecule has 2 aromatic carbocycles. The summed E-state index contributed by atoms with van der Waals surface area (Å²) in [7, 11) is 0. The number of hydrogen-bond donors (Lipinski definition) is 0. The fourth-order valence-corrected chi connectivity index (χ4v) is 1.90. The minimum atomic E-state index is 0.374. The lowest BCUT2D eigenvalue weighted by atomic mass is 10.1. The van der Waals surface area contributed by atoms with Gasteiger partial charge in [-0.25, -0.2) is 0 Å². The number of benzene rings is 2. The molecule has 2 heteroatoms. The summed E-state index contributed by atoms with van der Waals surface area (Å²) in [4.78, 5) is 0.374. The van der Waals surface area contributed by atoms with Crippen LogP contribution < -0.4 is 4.74 Å². The van der Waals surface area contributed by atoms with Crippen molar-refractivity contribution in [1.82, 2.24) is 0 Å². The van der Waals surface area contributed by atoms with E-state index in [-0.39, 0.29) is 0 Å². The van der Waals surface area contributed by atoms with E-state index in [2.05, 4.69) is 47.1 Å². The van der Waals surface area contributed by atoms with Crippen LogP contribution >= 0.6 is 15.9 Å². The van der Waals surface area contributed by atoms with Gasteiger partial charge in [-0.05, 0) is 30.2 Å². The summed E-state index contributed by atoms with van der Waals surface area (Å²) in [5.41, 5.74) is 2.47. The molecule has 17 heavy (non-hydrogen) atoms. The summed E-state index contributed by atoms with van der Waals surface area (Å²) in [5.74, 6) is 0.907. The van der Waals surface area contributed by atoms with Crippen molar-refractivity contribution in [3.05, 3.63) is 65.7 Å². The second-order valence-corrected chi connectivity index (χ2v) is 5.34. The van der Waals surface area contributed by atoms with Crippen LogP contribution in [0.4, 0.5) is 0 Å². The topological polar surface area (TPSA) is 9.23 Å². The van der Waals surface area contributed by atoms with E-state index in [1.807, 2.05) is 30.3 Å². The van der Waals surface area contributed by atoms with Gasteiger partial charge >= 0.3 is 0 Å². The number of ether oxygens (including phenoxy) is 1. The number of alkyl halides is 1. The molecule has 0 aliphatic rings. The summed E-state index contributed by atoms with van der Waals surface area (Å²) in [6, 6.07) is 18.3. The summed E-state index contributed by atoms with van der Waals surface area (Å²) < 4.78 is 5.71. The van der Waals surface area contributed by atoms with Gasteiger partial charge in [-0.3, -0.25) is 0 Å². The highest BCUT2D eigenvalue weighted by molar-refractivity contribution is 9.09. The molecule has 2 aromatic rings. The van der Waals surface area contributed by atoms with Crippen molar-refractivity contribution in [3.8, 4) is 5.75 Å². The monoisotopic (exact) mass is 290 g/mol. The van der Waals surface area contributed by atoms with Gasteiger partial charge in [0.25, 0.3) is 0 Å². The molecule has 0 saturated heterocycles. The van der Waals surface area contributed by atoms with Crippen LogP contribution in [0.2, 0.25) is 0 Å². The number of hydrogen-bond acceptors (Lipinski definition) is 1. The van der Waals surface area contributed by atoms with Crippen molar-refractivity contribution < 1.29 is 4.74 Å². The fraction of sp³-hybridized carbons (Fsp3) is 0.200. The normalized spacial score (nSPS) is 12.1. The van der Waals surface area contributed by atoms with E-state index in [1.54, 1.807) is 0 Å². The Balaban J connectivity index is 2.02. The average Bonchev–Trinajstić information content (AvgIpc) is 2.38. The largest absolute Gasteiger partial charge is 0.489 e. The molecule has 0 fully saturated rings. The van der Waals surface area contributed by atoms with Crippen LogP contribution in [0, 0.1) is 0 Å². The van der Waals surface area contributed by atoms with Crippen molar-refractivity contribution in [2.75, 3.05) is 0 Å². The van der Waals surface area contributed by atoms with E-state index >= 15 is 0 Å². The molecule has 0 heterocycles. The number of halogens is 1. The minimum absolute atomic E-state index is 0.374. The molecule has 1 unspecified atom stereocenters. The van der Waals surface area contributed by atoms with E-state index in [0.29, 0.717) is 11.4 Å². The molecule has 1 nitrogen and oxygen atoms in total. The van der Waals surface area contributed by atoms with E-state index in [1.165, 1.54) is 11.1 Å². The van der Waals surface area contributed by atoms with Gasteiger partial charge in [-0.1, -0.05) is 58.4 Å². The molecule has 2 rings (SSSR count). The van der Waals surface area contributed by atoms with Gasteiger partial charge in [0.05, 0.1) is 0 Å². The van der Waals surface area contributed by atoms with Gasteiger partial charge in [0.15, 0.2) is 0 Å². The Hall–Kier alpha value is -1.28. The first-order chi connectivity index (χ1) is 8.25. The minimum Gasteiger partial charge on any atom is -0.489 e. The second kappa shape index (κ2) is 5.87. The second-order valence-electron chi connectivity index (χ2n) is 3.96. The molecule has 0 aliphatic carbocycles. The molecule has 0 aromatic heterocycles. The van der Waals surface area contributed by atoms with E-state index in [0.717, 1.165) is 5.75 Å². The maximum atomic E-state index is 5.71. The zero-order valence-electron chi connectivity index (χ0n) is 9.77.